The van der Waals surface area contributed by atoms with Crippen molar-refractivity contribution in [3.63, 3.8) is 0 Å². The van der Waals surface area contributed by atoms with E-state index in [1.54, 1.807) is 12.3 Å². The van der Waals surface area contributed by atoms with Crippen molar-refractivity contribution >= 4 is 17.4 Å². The molecular weight excluding hydrogens is 308 g/mol. The van der Waals surface area contributed by atoms with Crippen LogP contribution in [-0.4, -0.2) is 49.8 Å². The van der Waals surface area contributed by atoms with Gasteiger partial charge in [-0.15, -0.1) is 5.10 Å². The monoisotopic (exact) mass is 318 g/mol. The highest BCUT2D eigenvalue weighted by Gasteiger charge is 2.40. The first-order chi connectivity index (χ1) is 11.7. The highest BCUT2D eigenvalue weighted by molar-refractivity contribution is 6.34. The van der Waals surface area contributed by atoms with Gasteiger partial charge in [-0.1, -0.05) is 11.3 Å². The number of aromatic nitrogens is 4. The normalized spacial score (nSPS) is 17.7. The van der Waals surface area contributed by atoms with E-state index in [1.807, 2.05) is 6.08 Å². The Labute approximate surface area is 136 Å². The summed E-state index contributed by atoms with van der Waals surface area (Å²) in [6, 6.07) is 3.49. The molecule has 3 heterocycles. The molecule has 8 nitrogen and oxygen atoms in total. The van der Waals surface area contributed by atoms with Crippen molar-refractivity contribution in [3.05, 3.63) is 35.3 Å². The highest BCUT2D eigenvalue weighted by Crippen LogP contribution is 2.42. The molecule has 2 aromatic rings. The van der Waals surface area contributed by atoms with E-state index in [-0.39, 0.29) is 17.4 Å². The fourth-order valence-corrected chi connectivity index (χ4v) is 3.44. The number of Topliss-reactive ketones (excluding diaryl/α,β-unsaturated/α-hetero) is 1. The van der Waals surface area contributed by atoms with Crippen molar-refractivity contribution in [1.82, 2.24) is 24.9 Å². The van der Waals surface area contributed by atoms with Crippen LogP contribution < -0.4 is 0 Å². The van der Waals surface area contributed by atoms with E-state index in [4.69, 9.17) is 5.26 Å². The minimum absolute atomic E-state index is 0.157. The molecule has 1 amide bonds. The maximum absolute atomic E-state index is 12.9. The second-order valence-electron chi connectivity index (χ2n) is 6.04. The number of nitriles is 1. The maximum atomic E-state index is 12.9. The highest BCUT2D eigenvalue weighted by atomic mass is 16.2. The van der Waals surface area contributed by atoms with E-state index in [1.165, 1.54) is 4.90 Å². The zero-order valence-electron chi connectivity index (χ0n) is 12.4. The molecule has 3 aliphatic rings. The van der Waals surface area contributed by atoms with Crippen molar-refractivity contribution in [2.45, 2.75) is 6.42 Å². The molecule has 0 atom stereocenters. The molecule has 0 saturated carbocycles. The van der Waals surface area contributed by atoms with E-state index in [2.05, 4.69) is 21.4 Å². The van der Waals surface area contributed by atoms with Crippen LogP contribution in [0, 0.1) is 17.2 Å². The van der Waals surface area contributed by atoms with Gasteiger partial charge in [0.15, 0.2) is 0 Å². The Bertz CT molecular complexity index is 1010. The SMILES string of the molecule is N#CC1CN(C(=O)n2nnc3c2C(=O)C2=CCc4nccc-3c42)C1. The fraction of sp³-hybridized carbons (Fsp3) is 0.250. The number of nitrogens with zero attached hydrogens (tertiary/aromatic N) is 6. The lowest BCUT2D eigenvalue weighted by Gasteiger charge is -2.34. The van der Waals surface area contributed by atoms with Crippen LogP contribution in [0.15, 0.2) is 18.3 Å². The van der Waals surface area contributed by atoms with Crippen molar-refractivity contribution in [1.29, 1.82) is 5.26 Å². The number of hydrogen-bond donors (Lipinski definition) is 0. The zero-order chi connectivity index (χ0) is 16.4. The summed E-state index contributed by atoms with van der Waals surface area (Å²) in [6.07, 6.45) is 4.12. The van der Waals surface area contributed by atoms with Crippen molar-refractivity contribution < 1.29 is 9.59 Å². The molecule has 0 unspecified atom stereocenters. The standard InChI is InChI=1S/C16H10N6O2/c17-5-8-6-21(7-8)16(24)22-14-13(19-20-22)9-3-4-18-11-2-1-10(12(9)11)15(14)23/h1,3-4,8H,2,6-7H2. The Hall–Kier alpha value is -3.34. The van der Waals surface area contributed by atoms with Crippen LogP contribution in [0.2, 0.25) is 0 Å². The minimum atomic E-state index is -0.417. The number of pyridine rings is 1. The molecule has 1 saturated heterocycles. The van der Waals surface area contributed by atoms with E-state index in [0.717, 1.165) is 21.5 Å². The van der Waals surface area contributed by atoms with Gasteiger partial charge in [-0.05, 0) is 6.07 Å². The molecule has 0 radical (unpaired) electrons. The van der Waals surface area contributed by atoms with Gasteiger partial charge in [0.1, 0.15) is 11.4 Å². The summed E-state index contributed by atoms with van der Waals surface area (Å²) in [6.45, 7) is 0.705. The topological polar surface area (TPSA) is 105 Å². The Morgan fingerprint density at radius 1 is 1.38 bits per heavy atom. The number of ketones is 1. The molecule has 0 aromatic carbocycles. The summed E-state index contributed by atoms with van der Waals surface area (Å²) >= 11 is 0. The quantitative estimate of drug-likeness (QED) is 0.714. The predicted octanol–water partition coefficient (Wildman–Crippen LogP) is 0.899. The van der Waals surface area contributed by atoms with Gasteiger partial charge in [-0.2, -0.15) is 9.94 Å². The number of amides is 1. The van der Waals surface area contributed by atoms with Gasteiger partial charge in [0.2, 0.25) is 5.78 Å². The lowest BCUT2D eigenvalue weighted by atomic mass is 9.89. The molecule has 0 N–H and O–H groups in total. The van der Waals surface area contributed by atoms with Crippen LogP contribution in [0.5, 0.6) is 0 Å². The van der Waals surface area contributed by atoms with Crippen LogP contribution in [-0.2, 0) is 6.42 Å². The van der Waals surface area contributed by atoms with Crippen LogP contribution >= 0.6 is 0 Å². The molecule has 1 fully saturated rings. The number of carbonyl (C=O) groups excluding carboxylic acids is 2. The summed E-state index contributed by atoms with van der Waals surface area (Å²) < 4.78 is 1.06. The van der Waals surface area contributed by atoms with Gasteiger partial charge < -0.3 is 4.90 Å². The van der Waals surface area contributed by atoms with Crippen LogP contribution in [0.4, 0.5) is 4.79 Å². The number of likely N-dealkylation sites (tertiary alicyclic amines) is 1. The first-order valence-electron chi connectivity index (χ1n) is 7.57. The fourth-order valence-electron chi connectivity index (χ4n) is 3.44. The Kier molecular flexibility index (Phi) is 2.38. The second kappa shape index (κ2) is 4.35. The predicted molar refractivity (Wildman–Crippen MR) is 80.7 cm³/mol. The van der Waals surface area contributed by atoms with Crippen LogP contribution in [0.1, 0.15) is 21.7 Å². The van der Waals surface area contributed by atoms with Gasteiger partial charge in [-0.3, -0.25) is 9.78 Å². The smallest absolute Gasteiger partial charge is 0.320 e. The molecule has 8 heteroatoms. The van der Waals surface area contributed by atoms with E-state index in [9.17, 15) is 9.59 Å². The molecule has 0 bridgehead atoms. The summed E-state index contributed by atoms with van der Waals surface area (Å²) in [7, 11) is 0. The first kappa shape index (κ1) is 13.1. The third-order valence-corrected chi connectivity index (χ3v) is 4.70. The molecule has 5 rings (SSSR count). The molecular formula is C16H10N6O2. The average molecular weight is 318 g/mol. The lowest BCUT2D eigenvalue weighted by Crippen LogP contribution is -2.51. The van der Waals surface area contributed by atoms with Crippen LogP contribution in [0.25, 0.3) is 16.8 Å². The Morgan fingerprint density at radius 2 is 2.21 bits per heavy atom. The molecule has 2 aromatic heterocycles. The summed E-state index contributed by atoms with van der Waals surface area (Å²) in [5, 5.41) is 16.8. The number of allylic oxidation sites excluding steroid dienone is 2. The zero-order valence-corrected chi connectivity index (χ0v) is 12.4. The number of fused-ring (bicyclic) bond motifs is 2. The van der Waals surface area contributed by atoms with E-state index < -0.39 is 6.03 Å². The van der Waals surface area contributed by atoms with Gasteiger partial charge >= 0.3 is 6.03 Å². The van der Waals surface area contributed by atoms with E-state index in [0.29, 0.717) is 30.8 Å². The third-order valence-electron chi connectivity index (χ3n) is 4.70. The molecule has 0 spiro atoms. The Balaban J connectivity index is 1.63. The molecule has 24 heavy (non-hydrogen) atoms. The van der Waals surface area contributed by atoms with Crippen molar-refractivity contribution in [2.75, 3.05) is 13.1 Å². The van der Waals surface area contributed by atoms with Crippen molar-refractivity contribution in [3.8, 4) is 17.3 Å². The van der Waals surface area contributed by atoms with Gasteiger partial charge in [0.05, 0.1) is 17.7 Å². The molecule has 1 aliphatic heterocycles. The Morgan fingerprint density at radius 3 is 3.00 bits per heavy atom. The average Bonchev–Trinajstić information content (AvgIpc) is 3.17. The largest absolute Gasteiger partial charge is 0.346 e. The number of rotatable bonds is 0. The van der Waals surface area contributed by atoms with Gasteiger partial charge in [0.25, 0.3) is 0 Å². The first-order valence-corrected chi connectivity index (χ1v) is 7.57. The second-order valence-corrected chi connectivity index (χ2v) is 6.04. The molecule has 116 valence electrons. The third kappa shape index (κ3) is 1.48. The van der Waals surface area contributed by atoms with E-state index >= 15 is 0 Å². The number of carbonyl (C=O) groups is 2. The summed E-state index contributed by atoms with van der Waals surface area (Å²) in [5.41, 5.74) is 3.62. The summed E-state index contributed by atoms with van der Waals surface area (Å²) in [5.74, 6) is -0.407. The van der Waals surface area contributed by atoms with Gasteiger partial charge in [-0.25, -0.2) is 4.79 Å². The number of hydrogen-bond acceptors (Lipinski definition) is 6. The lowest BCUT2D eigenvalue weighted by molar-refractivity contribution is 0.104. The summed E-state index contributed by atoms with van der Waals surface area (Å²) in [4.78, 5) is 31.2. The minimum Gasteiger partial charge on any atom is -0.320 e. The van der Waals surface area contributed by atoms with Crippen LogP contribution in [0.3, 0.4) is 0 Å². The van der Waals surface area contributed by atoms with Crippen molar-refractivity contribution in [2.24, 2.45) is 5.92 Å². The maximum Gasteiger partial charge on any atom is 0.346 e. The van der Waals surface area contributed by atoms with Gasteiger partial charge in [0, 0.05) is 42.4 Å². The molecule has 2 aliphatic carbocycles.